The minimum atomic E-state index is -0.108. The van der Waals surface area contributed by atoms with Gasteiger partial charge in [0.05, 0.1) is 5.69 Å². The van der Waals surface area contributed by atoms with Crippen molar-refractivity contribution in [1.82, 2.24) is 10.3 Å². The van der Waals surface area contributed by atoms with Crippen LogP contribution in [0, 0.1) is 0 Å². The molecule has 0 radical (unpaired) electrons. The third kappa shape index (κ3) is 3.75. The Morgan fingerprint density at radius 3 is 2.67 bits per heavy atom. The molecule has 1 N–H and O–H groups in total. The average molecular weight is 282 g/mol. The van der Waals surface area contributed by atoms with Gasteiger partial charge >= 0.3 is 0 Å². The van der Waals surface area contributed by atoms with E-state index in [4.69, 9.17) is 0 Å². The van der Waals surface area contributed by atoms with Crippen molar-refractivity contribution in [2.45, 2.75) is 20.3 Å². The number of ketones is 1. The van der Waals surface area contributed by atoms with Crippen LogP contribution >= 0.6 is 0 Å². The topological polar surface area (TPSA) is 59.1 Å². The third-order valence-electron chi connectivity index (χ3n) is 3.12. The molecule has 1 aromatic carbocycles. The van der Waals surface area contributed by atoms with Crippen LogP contribution in [0.2, 0.25) is 0 Å². The molecule has 0 atom stereocenters. The lowest BCUT2D eigenvalue weighted by molar-refractivity contribution is 0.0952. The van der Waals surface area contributed by atoms with E-state index in [1.54, 1.807) is 30.5 Å². The number of nitrogens with zero attached hydrogens (tertiary/aromatic N) is 1. The van der Waals surface area contributed by atoms with Gasteiger partial charge in [-0.1, -0.05) is 25.1 Å². The zero-order chi connectivity index (χ0) is 15.2. The van der Waals surface area contributed by atoms with E-state index in [2.05, 4.69) is 10.3 Å². The van der Waals surface area contributed by atoms with Crippen molar-refractivity contribution >= 4 is 11.7 Å². The Hall–Kier alpha value is -2.49. The molecular formula is C17H18N2O2. The molecule has 0 aliphatic rings. The highest BCUT2D eigenvalue weighted by atomic mass is 16.1. The van der Waals surface area contributed by atoms with Crippen LogP contribution in [0.5, 0.6) is 0 Å². The first-order chi connectivity index (χ1) is 10.1. The molecule has 1 heterocycles. The highest BCUT2D eigenvalue weighted by Crippen LogP contribution is 2.19. The maximum atomic E-state index is 12.0. The summed E-state index contributed by atoms with van der Waals surface area (Å²) in [6.07, 6.45) is 2.50. The van der Waals surface area contributed by atoms with E-state index >= 15 is 0 Å². The number of carbonyl (C=O) groups excluding carboxylic acids is 2. The minimum Gasteiger partial charge on any atom is -0.352 e. The number of rotatable bonds is 5. The molecule has 2 rings (SSSR count). The standard InChI is InChI=1S/C17H18N2O2/c1-3-8-19-17(21)15-7-9-18-16(11-15)14-6-4-5-13(10-14)12(2)20/h4-7,9-11H,3,8H2,1-2H3,(H,19,21). The van der Waals surface area contributed by atoms with Crippen LogP contribution in [-0.2, 0) is 0 Å². The fraction of sp³-hybridized carbons (Fsp3) is 0.235. The van der Waals surface area contributed by atoms with Crippen LogP contribution in [0.1, 0.15) is 41.0 Å². The van der Waals surface area contributed by atoms with Gasteiger partial charge < -0.3 is 5.32 Å². The second-order valence-electron chi connectivity index (χ2n) is 4.82. The lowest BCUT2D eigenvalue weighted by Crippen LogP contribution is -2.23. The summed E-state index contributed by atoms with van der Waals surface area (Å²) in [6, 6.07) is 10.7. The average Bonchev–Trinajstić information content (AvgIpc) is 2.52. The van der Waals surface area contributed by atoms with Gasteiger partial charge in [-0.15, -0.1) is 0 Å². The van der Waals surface area contributed by atoms with Crippen molar-refractivity contribution < 1.29 is 9.59 Å². The zero-order valence-corrected chi connectivity index (χ0v) is 12.2. The van der Waals surface area contributed by atoms with E-state index in [9.17, 15) is 9.59 Å². The molecule has 1 aromatic heterocycles. The van der Waals surface area contributed by atoms with Crippen LogP contribution in [0.4, 0.5) is 0 Å². The monoisotopic (exact) mass is 282 g/mol. The van der Waals surface area contributed by atoms with Gasteiger partial charge in [-0.3, -0.25) is 14.6 Å². The number of amides is 1. The molecule has 0 saturated carbocycles. The van der Waals surface area contributed by atoms with Crippen molar-refractivity contribution in [3.05, 3.63) is 53.7 Å². The zero-order valence-electron chi connectivity index (χ0n) is 12.2. The van der Waals surface area contributed by atoms with Gasteiger partial charge in [0.2, 0.25) is 0 Å². The number of Topliss-reactive ketones (excluding diaryl/α,β-unsaturated/α-hetero) is 1. The molecule has 0 aliphatic carbocycles. The number of carbonyl (C=O) groups is 2. The Morgan fingerprint density at radius 2 is 1.95 bits per heavy atom. The Morgan fingerprint density at radius 1 is 1.14 bits per heavy atom. The summed E-state index contributed by atoms with van der Waals surface area (Å²) in [5.41, 5.74) is 2.71. The van der Waals surface area contributed by atoms with Crippen molar-refractivity contribution in [2.75, 3.05) is 6.54 Å². The number of nitrogens with one attached hydrogen (secondary N) is 1. The Kier molecular flexibility index (Phi) is 4.82. The number of aromatic nitrogens is 1. The summed E-state index contributed by atoms with van der Waals surface area (Å²) in [6.45, 7) is 4.18. The van der Waals surface area contributed by atoms with Crippen LogP contribution in [0.3, 0.4) is 0 Å². The lowest BCUT2D eigenvalue weighted by atomic mass is 10.0. The van der Waals surface area contributed by atoms with Gasteiger partial charge in [0.25, 0.3) is 5.91 Å². The predicted octanol–water partition coefficient (Wildman–Crippen LogP) is 3.09. The largest absolute Gasteiger partial charge is 0.352 e. The van der Waals surface area contributed by atoms with Gasteiger partial charge in [0.1, 0.15) is 0 Å². The fourth-order valence-electron chi connectivity index (χ4n) is 1.97. The Balaban J connectivity index is 2.30. The second kappa shape index (κ2) is 6.79. The molecular weight excluding hydrogens is 264 g/mol. The summed E-state index contributed by atoms with van der Waals surface area (Å²) >= 11 is 0. The summed E-state index contributed by atoms with van der Waals surface area (Å²) < 4.78 is 0. The number of pyridine rings is 1. The molecule has 0 spiro atoms. The van der Waals surface area contributed by atoms with Crippen molar-refractivity contribution in [3.8, 4) is 11.3 Å². The normalized spacial score (nSPS) is 10.2. The van der Waals surface area contributed by atoms with Gasteiger partial charge in [-0.2, -0.15) is 0 Å². The third-order valence-corrected chi connectivity index (χ3v) is 3.12. The van der Waals surface area contributed by atoms with E-state index in [-0.39, 0.29) is 11.7 Å². The van der Waals surface area contributed by atoms with Crippen molar-refractivity contribution in [2.24, 2.45) is 0 Å². The maximum absolute atomic E-state index is 12.0. The molecule has 4 heteroatoms. The first kappa shape index (κ1) is 14.9. The maximum Gasteiger partial charge on any atom is 0.251 e. The predicted molar refractivity (Wildman–Crippen MR) is 82.3 cm³/mol. The molecule has 108 valence electrons. The summed E-state index contributed by atoms with van der Waals surface area (Å²) in [7, 11) is 0. The van der Waals surface area contributed by atoms with E-state index in [0.29, 0.717) is 23.4 Å². The minimum absolute atomic E-state index is 0.00805. The fourth-order valence-corrected chi connectivity index (χ4v) is 1.97. The summed E-state index contributed by atoms with van der Waals surface area (Å²) in [5.74, 6) is -0.100. The SMILES string of the molecule is CCCNC(=O)c1ccnc(-c2cccc(C(C)=O)c2)c1. The molecule has 0 bridgehead atoms. The summed E-state index contributed by atoms with van der Waals surface area (Å²) in [5, 5.41) is 2.84. The van der Waals surface area contributed by atoms with Crippen LogP contribution in [-0.4, -0.2) is 23.2 Å². The Bertz CT molecular complexity index is 665. The number of hydrogen-bond acceptors (Lipinski definition) is 3. The number of benzene rings is 1. The van der Waals surface area contributed by atoms with E-state index in [0.717, 1.165) is 12.0 Å². The second-order valence-corrected chi connectivity index (χ2v) is 4.82. The molecule has 1 amide bonds. The first-order valence-electron chi connectivity index (χ1n) is 6.97. The van der Waals surface area contributed by atoms with E-state index < -0.39 is 0 Å². The molecule has 0 saturated heterocycles. The van der Waals surface area contributed by atoms with Crippen LogP contribution < -0.4 is 5.32 Å². The molecule has 0 fully saturated rings. The van der Waals surface area contributed by atoms with Gasteiger partial charge in [0.15, 0.2) is 5.78 Å². The molecule has 2 aromatic rings. The van der Waals surface area contributed by atoms with Gasteiger partial charge in [-0.05, 0) is 31.5 Å². The lowest BCUT2D eigenvalue weighted by Gasteiger charge is -2.06. The molecule has 21 heavy (non-hydrogen) atoms. The number of hydrogen-bond donors (Lipinski definition) is 1. The molecule has 0 unspecified atom stereocenters. The smallest absolute Gasteiger partial charge is 0.251 e. The molecule has 0 aliphatic heterocycles. The highest BCUT2D eigenvalue weighted by molar-refractivity contribution is 5.96. The quantitative estimate of drug-likeness (QED) is 0.857. The van der Waals surface area contributed by atoms with Crippen LogP contribution in [0.25, 0.3) is 11.3 Å². The Labute approximate surface area is 124 Å². The highest BCUT2D eigenvalue weighted by Gasteiger charge is 2.08. The molecule has 4 nitrogen and oxygen atoms in total. The van der Waals surface area contributed by atoms with Gasteiger partial charge in [0, 0.05) is 29.4 Å². The van der Waals surface area contributed by atoms with Crippen molar-refractivity contribution in [1.29, 1.82) is 0 Å². The van der Waals surface area contributed by atoms with Gasteiger partial charge in [-0.25, -0.2) is 0 Å². The van der Waals surface area contributed by atoms with Crippen molar-refractivity contribution in [3.63, 3.8) is 0 Å². The van der Waals surface area contributed by atoms with E-state index in [1.807, 2.05) is 19.1 Å². The van der Waals surface area contributed by atoms with E-state index in [1.165, 1.54) is 6.92 Å². The first-order valence-corrected chi connectivity index (χ1v) is 6.97. The van der Waals surface area contributed by atoms with Crippen LogP contribution in [0.15, 0.2) is 42.6 Å². The summed E-state index contributed by atoms with van der Waals surface area (Å²) in [4.78, 5) is 27.7.